The van der Waals surface area contributed by atoms with Crippen molar-refractivity contribution in [3.05, 3.63) is 28.1 Å². The zero-order chi connectivity index (χ0) is 9.42. The van der Waals surface area contributed by atoms with Gasteiger partial charge < -0.3 is 5.11 Å². The highest BCUT2D eigenvalue weighted by molar-refractivity contribution is 7.23. The number of aldehydes is 1. The van der Waals surface area contributed by atoms with Gasteiger partial charge in [-0.25, -0.2) is 0 Å². The van der Waals surface area contributed by atoms with Gasteiger partial charge in [0.1, 0.15) is 10.1 Å². The number of phenolic OH excluding ortho intramolecular Hbond substituents is 1. The van der Waals surface area contributed by atoms with Gasteiger partial charge in [-0.2, -0.15) is 0 Å². The lowest BCUT2D eigenvalue weighted by atomic mass is 10.2. The van der Waals surface area contributed by atoms with Crippen LogP contribution in [-0.2, 0) is 0 Å². The monoisotopic (exact) mass is 212 g/mol. The van der Waals surface area contributed by atoms with Gasteiger partial charge >= 0.3 is 0 Å². The molecule has 0 unspecified atom stereocenters. The molecule has 0 saturated heterocycles. The molecule has 13 heavy (non-hydrogen) atoms. The summed E-state index contributed by atoms with van der Waals surface area (Å²) in [6, 6.07) is 4.83. The normalized spacial score (nSPS) is 10.5. The second-order valence-corrected chi connectivity index (χ2v) is 4.24. The van der Waals surface area contributed by atoms with E-state index in [1.165, 1.54) is 11.3 Å². The molecule has 0 fully saturated rings. The van der Waals surface area contributed by atoms with Crippen LogP contribution in [0.4, 0.5) is 0 Å². The molecule has 2 rings (SSSR count). The third kappa shape index (κ3) is 1.30. The van der Waals surface area contributed by atoms with E-state index in [0.29, 0.717) is 9.90 Å². The van der Waals surface area contributed by atoms with Gasteiger partial charge in [-0.05, 0) is 18.2 Å². The van der Waals surface area contributed by atoms with Crippen molar-refractivity contribution in [2.75, 3.05) is 0 Å². The van der Waals surface area contributed by atoms with Crippen LogP contribution in [0, 0.1) is 0 Å². The van der Waals surface area contributed by atoms with Crippen molar-refractivity contribution in [2.45, 2.75) is 0 Å². The summed E-state index contributed by atoms with van der Waals surface area (Å²) in [5.74, 6) is 0.183. The minimum Gasteiger partial charge on any atom is -0.508 e. The SMILES string of the molecule is O=Cc1c(Cl)sc2cc(O)ccc12. The lowest BCUT2D eigenvalue weighted by molar-refractivity contribution is 0.112. The molecule has 1 aromatic carbocycles. The third-order valence-electron chi connectivity index (χ3n) is 1.78. The molecule has 1 aromatic heterocycles. The molecule has 0 aliphatic heterocycles. The van der Waals surface area contributed by atoms with Crippen LogP contribution in [0.5, 0.6) is 5.75 Å². The number of carbonyl (C=O) groups is 1. The van der Waals surface area contributed by atoms with E-state index in [4.69, 9.17) is 11.6 Å². The lowest BCUT2D eigenvalue weighted by Crippen LogP contribution is -1.75. The maximum Gasteiger partial charge on any atom is 0.153 e. The maximum absolute atomic E-state index is 10.6. The molecule has 2 aromatic rings. The number of rotatable bonds is 1. The van der Waals surface area contributed by atoms with Gasteiger partial charge in [0.25, 0.3) is 0 Å². The molecular weight excluding hydrogens is 208 g/mol. The quantitative estimate of drug-likeness (QED) is 0.738. The number of hydrogen-bond donors (Lipinski definition) is 1. The fourth-order valence-corrected chi connectivity index (χ4v) is 2.51. The largest absolute Gasteiger partial charge is 0.508 e. The minimum atomic E-state index is 0.183. The van der Waals surface area contributed by atoms with E-state index in [-0.39, 0.29) is 5.75 Å². The number of halogens is 1. The fraction of sp³-hybridized carbons (Fsp3) is 0. The maximum atomic E-state index is 10.6. The number of carbonyl (C=O) groups excluding carboxylic acids is 1. The Hall–Kier alpha value is -1.06. The van der Waals surface area contributed by atoms with Crippen molar-refractivity contribution in [1.29, 1.82) is 0 Å². The average molecular weight is 213 g/mol. The summed E-state index contributed by atoms with van der Waals surface area (Å²) in [4.78, 5) is 10.6. The van der Waals surface area contributed by atoms with Gasteiger partial charge in [-0.1, -0.05) is 11.6 Å². The number of fused-ring (bicyclic) bond motifs is 1. The number of benzene rings is 1. The summed E-state index contributed by atoms with van der Waals surface area (Å²) in [6.45, 7) is 0. The van der Waals surface area contributed by atoms with Crippen LogP contribution in [-0.4, -0.2) is 11.4 Å². The highest BCUT2D eigenvalue weighted by Gasteiger charge is 2.09. The molecule has 0 aliphatic rings. The van der Waals surface area contributed by atoms with Crippen LogP contribution in [0.2, 0.25) is 4.34 Å². The molecule has 1 N–H and O–H groups in total. The van der Waals surface area contributed by atoms with Crippen LogP contribution >= 0.6 is 22.9 Å². The fourth-order valence-electron chi connectivity index (χ4n) is 1.19. The Morgan fingerprint density at radius 3 is 2.92 bits per heavy atom. The van der Waals surface area contributed by atoms with E-state index in [1.807, 2.05) is 0 Å². The summed E-state index contributed by atoms with van der Waals surface area (Å²) in [5.41, 5.74) is 0.502. The second-order valence-electron chi connectivity index (χ2n) is 2.59. The first-order valence-corrected chi connectivity index (χ1v) is 4.78. The molecule has 0 saturated carbocycles. The smallest absolute Gasteiger partial charge is 0.153 e. The summed E-state index contributed by atoms with van der Waals surface area (Å²) in [7, 11) is 0. The molecule has 0 amide bonds. The highest BCUT2D eigenvalue weighted by atomic mass is 35.5. The van der Waals surface area contributed by atoms with Crippen molar-refractivity contribution >= 4 is 39.3 Å². The zero-order valence-corrected chi connectivity index (χ0v) is 8.02. The van der Waals surface area contributed by atoms with E-state index >= 15 is 0 Å². The van der Waals surface area contributed by atoms with Crippen LogP contribution in [0.25, 0.3) is 10.1 Å². The summed E-state index contributed by atoms with van der Waals surface area (Å²) >= 11 is 7.12. The van der Waals surface area contributed by atoms with Crippen molar-refractivity contribution in [3.63, 3.8) is 0 Å². The van der Waals surface area contributed by atoms with Gasteiger partial charge in [0.15, 0.2) is 6.29 Å². The summed E-state index contributed by atoms with van der Waals surface area (Å²) in [5, 5.41) is 9.97. The summed E-state index contributed by atoms with van der Waals surface area (Å²) < 4.78 is 1.29. The first kappa shape index (κ1) is 8.53. The van der Waals surface area contributed by atoms with Crippen molar-refractivity contribution in [3.8, 4) is 5.75 Å². The predicted molar refractivity (Wildman–Crippen MR) is 53.9 cm³/mol. The Balaban J connectivity index is 2.86. The van der Waals surface area contributed by atoms with Gasteiger partial charge in [-0.3, -0.25) is 4.79 Å². The first-order valence-electron chi connectivity index (χ1n) is 3.58. The molecule has 0 spiro atoms. The Morgan fingerprint density at radius 2 is 2.23 bits per heavy atom. The Kier molecular flexibility index (Phi) is 1.98. The van der Waals surface area contributed by atoms with Crippen LogP contribution < -0.4 is 0 Å². The number of thiophene rings is 1. The van der Waals surface area contributed by atoms with E-state index in [1.54, 1.807) is 18.2 Å². The first-order chi connectivity index (χ1) is 6.22. The second kappa shape index (κ2) is 3.01. The number of phenols is 1. The molecule has 2 nitrogen and oxygen atoms in total. The topological polar surface area (TPSA) is 37.3 Å². The Morgan fingerprint density at radius 1 is 1.46 bits per heavy atom. The lowest BCUT2D eigenvalue weighted by Gasteiger charge is -1.91. The van der Waals surface area contributed by atoms with E-state index < -0.39 is 0 Å². The number of aromatic hydroxyl groups is 1. The van der Waals surface area contributed by atoms with E-state index in [0.717, 1.165) is 16.4 Å². The van der Waals surface area contributed by atoms with E-state index in [9.17, 15) is 9.90 Å². The zero-order valence-electron chi connectivity index (χ0n) is 6.45. The standard InChI is InChI=1S/C9H5ClO2S/c10-9-7(4-11)6-2-1-5(12)3-8(6)13-9/h1-4,12H. The molecule has 0 radical (unpaired) electrons. The van der Waals surface area contributed by atoms with Gasteiger partial charge in [0.05, 0.1) is 5.56 Å². The van der Waals surface area contributed by atoms with Crippen LogP contribution in [0.15, 0.2) is 18.2 Å². The van der Waals surface area contributed by atoms with E-state index in [2.05, 4.69) is 0 Å². The van der Waals surface area contributed by atoms with Gasteiger partial charge in [0, 0.05) is 10.1 Å². The average Bonchev–Trinajstić information content (AvgIpc) is 2.39. The molecule has 66 valence electrons. The number of hydrogen-bond acceptors (Lipinski definition) is 3. The molecule has 4 heteroatoms. The molecule has 0 atom stereocenters. The van der Waals surface area contributed by atoms with Gasteiger partial charge in [0.2, 0.25) is 0 Å². The van der Waals surface area contributed by atoms with Crippen LogP contribution in [0.1, 0.15) is 10.4 Å². The molecule has 1 heterocycles. The molecular formula is C9H5ClO2S. The van der Waals surface area contributed by atoms with Gasteiger partial charge in [-0.15, -0.1) is 11.3 Å². The van der Waals surface area contributed by atoms with Crippen LogP contribution in [0.3, 0.4) is 0 Å². The Bertz CT molecular complexity index is 476. The molecule has 0 aliphatic carbocycles. The third-order valence-corrected chi connectivity index (χ3v) is 3.18. The Labute approximate surface area is 83.4 Å². The summed E-state index contributed by atoms with van der Waals surface area (Å²) in [6.07, 6.45) is 0.734. The highest BCUT2D eigenvalue weighted by Crippen LogP contribution is 2.35. The van der Waals surface area contributed by atoms with Crippen molar-refractivity contribution in [1.82, 2.24) is 0 Å². The minimum absolute atomic E-state index is 0.183. The van der Waals surface area contributed by atoms with Crippen molar-refractivity contribution in [2.24, 2.45) is 0 Å². The molecule has 0 bridgehead atoms. The predicted octanol–water partition coefficient (Wildman–Crippen LogP) is 3.07. The van der Waals surface area contributed by atoms with Crippen molar-refractivity contribution < 1.29 is 9.90 Å².